The fourth-order valence-corrected chi connectivity index (χ4v) is 3.35. The lowest BCUT2D eigenvalue weighted by molar-refractivity contribution is -0.145. The highest BCUT2D eigenvalue weighted by Gasteiger charge is 2.20. The fraction of sp³-hybridized carbons (Fsp3) is 0.533. The molecule has 5 heteroatoms. The van der Waals surface area contributed by atoms with Gasteiger partial charge in [-0.1, -0.05) is 26.0 Å². The highest BCUT2D eigenvalue weighted by atomic mass is 79.9. The van der Waals surface area contributed by atoms with Crippen LogP contribution in [0.3, 0.4) is 0 Å². The predicted molar refractivity (Wildman–Crippen MR) is 88.2 cm³/mol. The molecule has 112 valence electrons. The average Bonchev–Trinajstić information content (AvgIpc) is 2.39. The van der Waals surface area contributed by atoms with E-state index in [1.807, 2.05) is 39.0 Å². The van der Waals surface area contributed by atoms with E-state index in [4.69, 9.17) is 4.74 Å². The first-order valence-corrected chi connectivity index (χ1v) is 8.62. The summed E-state index contributed by atoms with van der Waals surface area (Å²) in [6.07, 6.45) is 0.753. The molecule has 0 aliphatic rings. The summed E-state index contributed by atoms with van der Waals surface area (Å²) in [4.78, 5) is 13.1. The summed E-state index contributed by atoms with van der Waals surface area (Å²) in [5.74, 6) is 0.708. The van der Waals surface area contributed by atoms with Gasteiger partial charge in [0, 0.05) is 21.2 Å². The van der Waals surface area contributed by atoms with Gasteiger partial charge >= 0.3 is 5.97 Å². The Hall–Kier alpha value is -0.520. The van der Waals surface area contributed by atoms with E-state index < -0.39 is 0 Å². The zero-order valence-corrected chi connectivity index (χ0v) is 14.6. The number of rotatable bonds is 8. The number of carbonyl (C=O) groups excluding carboxylic acids is 1. The van der Waals surface area contributed by atoms with Gasteiger partial charge in [-0.15, -0.1) is 11.8 Å². The minimum absolute atomic E-state index is 0.158. The summed E-state index contributed by atoms with van der Waals surface area (Å²) in [7, 11) is 0. The topological polar surface area (TPSA) is 38.3 Å². The maximum absolute atomic E-state index is 11.9. The summed E-state index contributed by atoms with van der Waals surface area (Å²) in [5, 5.41) is 3.27. The number of benzene rings is 1. The molecule has 1 aromatic rings. The standard InChI is InChI=1S/C15H22BrNO2S/c1-4-19-15(18)13(17-11(2)3)9-10-20-14-8-6-5-7-12(14)16/h5-8,11,13,17H,4,9-10H2,1-3H3. The third-order valence-electron chi connectivity index (χ3n) is 2.61. The summed E-state index contributed by atoms with van der Waals surface area (Å²) in [6.45, 7) is 6.33. The Kier molecular flexibility index (Phi) is 8.26. The minimum Gasteiger partial charge on any atom is -0.465 e. The van der Waals surface area contributed by atoms with Gasteiger partial charge in [0.2, 0.25) is 0 Å². The number of halogens is 1. The quantitative estimate of drug-likeness (QED) is 0.564. The van der Waals surface area contributed by atoms with Crippen LogP contribution in [0.1, 0.15) is 27.2 Å². The SMILES string of the molecule is CCOC(=O)C(CCSc1ccccc1Br)NC(C)C. The van der Waals surface area contributed by atoms with Crippen molar-refractivity contribution in [1.29, 1.82) is 0 Å². The van der Waals surface area contributed by atoms with Crippen molar-refractivity contribution in [3.63, 3.8) is 0 Å². The second-order valence-corrected chi connectivity index (χ2v) is 6.68. The van der Waals surface area contributed by atoms with Crippen LogP contribution in [0.15, 0.2) is 33.6 Å². The summed E-state index contributed by atoms with van der Waals surface area (Å²) >= 11 is 5.27. The summed E-state index contributed by atoms with van der Waals surface area (Å²) in [5.41, 5.74) is 0. The molecule has 0 saturated carbocycles. The number of ether oxygens (including phenoxy) is 1. The second-order valence-electron chi connectivity index (χ2n) is 4.69. The Balaban J connectivity index is 2.49. The molecule has 1 atom stereocenters. The van der Waals surface area contributed by atoms with E-state index in [1.165, 1.54) is 4.90 Å². The van der Waals surface area contributed by atoms with E-state index in [0.29, 0.717) is 6.61 Å². The molecule has 0 fully saturated rings. The second kappa shape index (κ2) is 9.42. The van der Waals surface area contributed by atoms with E-state index in [1.54, 1.807) is 11.8 Å². The molecule has 0 amide bonds. The molecule has 1 N–H and O–H groups in total. The van der Waals surface area contributed by atoms with Crippen molar-refractivity contribution in [2.75, 3.05) is 12.4 Å². The molecule has 0 radical (unpaired) electrons. The lowest BCUT2D eigenvalue weighted by Gasteiger charge is -2.19. The van der Waals surface area contributed by atoms with Crippen molar-refractivity contribution in [1.82, 2.24) is 5.32 Å². The fourth-order valence-electron chi connectivity index (χ4n) is 1.76. The normalized spacial score (nSPS) is 12.4. The predicted octanol–water partition coefficient (Wildman–Crippen LogP) is 3.86. The van der Waals surface area contributed by atoms with Crippen LogP contribution in [-0.2, 0) is 9.53 Å². The van der Waals surface area contributed by atoms with Crippen molar-refractivity contribution in [2.24, 2.45) is 0 Å². The molecular formula is C15H22BrNO2S. The van der Waals surface area contributed by atoms with E-state index >= 15 is 0 Å². The zero-order valence-electron chi connectivity index (χ0n) is 12.2. The van der Waals surface area contributed by atoms with Crippen molar-refractivity contribution in [3.05, 3.63) is 28.7 Å². The first-order chi connectivity index (χ1) is 9.54. The largest absolute Gasteiger partial charge is 0.465 e. The van der Waals surface area contributed by atoms with Crippen molar-refractivity contribution < 1.29 is 9.53 Å². The minimum atomic E-state index is -0.232. The third kappa shape index (κ3) is 6.29. The molecule has 0 aliphatic carbocycles. The van der Waals surface area contributed by atoms with E-state index in [2.05, 4.69) is 27.3 Å². The Labute approximate surface area is 134 Å². The highest BCUT2D eigenvalue weighted by molar-refractivity contribution is 9.10. The number of nitrogens with one attached hydrogen (secondary N) is 1. The molecule has 1 unspecified atom stereocenters. The van der Waals surface area contributed by atoms with Gasteiger partial charge in [-0.05, 0) is 41.4 Å². The highest BCUT2D eigenvalue weighted by Crippen LogP contribution is 2.27. The van der Waals surface area contributed by atoms with Crippen LogP contribution < -0.4 is 5.32 Å². The van der Waals surface area contributed by atoms with E-state index in [9.17, 15) is 4.79 Å². The average molecular weight is 360 g/mol. The molecule has 0 aliphatic heterocycles. The van der Waals surface area contributed by atoms with Gasteiger partial charge in [-0.25, -0.2) is 0 Å². The summed E-state index contributed by atoms with van der Waals surface area (Å²) < 4.78 is 6.20. The first kappa shape index (κ1) is 17.5. The molecule has 1 aromatic carbocycles. The molecule has 3 nitrogen and oxygen atoms in total. The Bertz CT molecular complexity index is 426. The third-order valence-corrected chi connectivity index (χ3v) is 4.67. The lowest BCUT2D eigenvalue weighted by atomic mass is 10.2. The zero-order chi connectivity index (χ0) is 15.0. The van der Waals surface area contributed by atoms with Crippen LogP contribution in [0.2, 0.25) is 0 Å². The van der Waals surface area contributed by atoms with E-state index in [0.717, 1.165) is 16.6 Å². The maximum atomic E-state index is 11.9. The summed E-state index contributed by atoms with van der Waals surface area (Å²) in [6, 6.07) is 8.14. The monoisotopic (exact) mass is 359 g/mol. The number of hydrogen-bond donors (Lipinski definition) is 1. The maximum Gasteiger partial charge on any atom is 0.323 e. The Morgan fingerprint density at radius 1 is 1.40 bits per heavy atom. The molecule has 0 bridgehead atoms. The molecule has 20 heavy (non-hydrogen) atoms. The van der Waals surface area contributed by atoms with Crippen LogP contribution in [0.4, 0.5) is 0 Å². The van der Waals surface area contributed by atoms with Crippen LogP contribution in [0.25, 0.3) is 0 Å². The Morgan fingerprint density at radius 3 is 2.70 bits per heavy atom. The molecule has 0 spiro atoms. The smallest absolute Gasteiger partial charge is 0.323 e. The number of esters is 1. The molecular weight excluding hydrogens is 338 g/mol. The van der Waals surface area contributed by atoms with Gasteiger partial charge in [0.05, 0.1) is 6.61 Å². The van der Waals surface area contributed by atoms with Crippen molar-refractivity contribution in [2.45, 2.75) is 44.2 Å². The van der Waals surface area contributed by atoms with Crippen LogP contribution >= 0.6 is 27.7 Å². The molecule has 0 saturated heterocycles. The first-order valence-electron chi connectivity index (χ1n) is 6.84. The lowest BCUT2D eigenvalue weighted by Crippen LogP contribution is -2.42. The molecule has 0 aromatic heterocycles. The number of hydrogen-bond acceptors (Lipinski definition) is 4. The molecule has 0 heterocycles. The van der Waals surface area contributed by atoms with Crippen LogP contribution in [-0.4, -0.2) is 30.4 Å². The van der Waals surface area contributed by atoms with Gasteiger partial charge in [-0.2, -0.15) is 0 Å². The van der Waals surface area contributed by atoms with E-state index in [-0.39, 0.29) is 18.1 Å². The number of thioether (sulfide) groups is 1. The van der Waals surface area contributed by atoms with Crippen molar-refractivity contribution in [3.8, 4) is 0 Å². The molecule has 1 rings (SSSR count). The van der Waals surface area contributed by atoms with Gasteiger partial charge < -0.3 is 10.1 Å². The Morgan fingerprint density at radius 2 is 2.10 bits per heavy atom. The van der Waals surface area contributed by atoms with Crippen molar-refractivity contribution >= 4 is 33.7 Å². The van der Waals surface area contributed by atoms with Crippen LogP contribution in [0, 0.1) is 0 Å². The van der Waals surface area contributed by atoms with Gasteiger partial charge in [0.1, 0.15) is 6.04 Å². The van der Waals surface area contributed by atoms with Gasteiger partial charge in [0.15, 0.2) is 0 Å². The van der Waals surface area contributed by atoms with Gasteiger partial charge in [-0.3, -0.25) is 4.79 Å². The van der Waals surface area contributed by atoms with Crippen LogP contribution in [0.5, 0.6) is 0 Å². The number of carbonyl (C=O) groups is 1. The van der Waals surface area contributed by atoms with Gasteiger partial charge in [0.25, 0.3) is 0 Å².